The van der Waals surface area contributed by atoms with E-state index in [2.05, 4.69) is 4.72 Å². The zero-order valence-corrected chi connectivity index (χ0v) is 13.1. The van der Waals surface area contributed by atoms with Gasteiger partial charge in [-0.1, -0.05) is 6.07 Å². The van der Waals surface area contributed by atoms with Crippen molar-refractivity contribution in [1.82, 2.24) is 4.72 Å². The number of anilines is 1. The van der Waals surface area contributed by atoms with Gasteiger partial charge in [0, 0.05) is 32.5 Å². The van der Waals surface area contributed by atoms with Crippen LogP contribution in [0.25, 0.3) is 0 Å². The van der Waals surface area contributed by atoms with Crippen LogP contribution in [0.15, 0.2) is 24.3 Å². The fourth-order valence-corrected chi connectivity index (χ4v) is 2.45. The van der Waals surface area contributed by atoms with Gasteiger partial charge in [-0.25, -0.2) is 13.1 Å². The zero-order valence-electron chi connectivity index (χ0n) is 12.2. The Labute approximate surface area is 125 Å². The minimum absolute atomic E-state index is 0.0424. The number of ether oxygens (including phenoxy) is 3. The number of benzene rings is 1. The standard InChI is InChI=1S/C13H22N2O5S/c1-18-10-13(19-2)9-15-21(16,17)7-6-20-12-5-3-4-11(14)8-12/h3-5,8,13,15H,6-7,9-10,14H2,1-2H3. The fraction of sp³-hybridized carbons (Fsp3) is 0.538. The van der Waals surface area contributed by atoms with Crippen LogP contribution in [0.4, 0.5) is 5.69 Å². The number of nitrogens with two attached hydrogens (primary N) is 1. The highest BCUT2D eigenvalue weighted by atomic mass is 32.2. The lowest BCUT2D eigenvalue weighted by Crippen LogP contribution is -2.37. The molecule has 120 valence electrons. The summed E-state index contributed by atoms with van der Waals surface area (Å²) < 4.78 is 41.4. The van der Waals surface area contributed by atoms with Gasteiger partial charge in [0.05, 0.1) is 18.5 Å². The largest absolute Gasteiger partial charge is 0.492 e. The number of nitrogens with one attached hydrogen (secondary N) is 1. The van der Waals surface area contributed by atoms with Crippen molar-refractivity contribution in [2.45, 2.75) is 6.10 Å². The van der Waals surface area contributed by atoms with Gasteiger partial charge >= 0.3 is 0 Å². The quantitative estimate of drug-likeness (QED) is 0.599. The van der Waals surface area contributed by atoms with Crippen molar-refractivity contribution in [2.24, 2.45) is 0 Å². The minimum atomic E-state index is -3.43. The monoisotopic (exact) mass is 318 g/mol. The molecule has 7 nitrogen and oxygen atoms in total. The molecule has 0 radical (unpaired) electrons. The summed E-state index contributed by atoms with van der Waals surface area (Å²) in [5.74, 6) is 0.393. The lowest BCUT2D eigenvalue weighted by atomic mass is 10.3. The van der Waals surface area contributed by atoms with Crippen molar-refractivity contribution in [2.75, 3.05) is 45.5 Å². The maximum atomic E-state index is 11.8. The number of rotatable bonds is 10. The van der Waals surface area contributed by atoms with Crippen molar-refractivity contribution in [1.29, 1.82) is 0 Å². The smallest absolute Gasteiger partial charge is 0.215 e. The molecule has 0 aliphatic heterocycles. The summed E-state index contributed by atoms with van der Waals surface area (Å²) in [5, 5.41) is 0. The summed E-state index contributed by atoms with van der Waals surface area (Å²) in [7, 11) is -0.399. The van der Waals surface area contributed by atoms with E-state index in [1.807, 2.05) is 0 Å². The molecule has 0 fully saturated rings. The highest BCUT2D eigenvalue weighted by Gasteiger charge is 2.14. The Bertz CT molecular complexity index is 521. The molecule has 1 unspecified atom stereocenters. The van der Waals surface area contributed by atoms with Crippen molar-refractivity contribution in [3.63, 3.8) is 0 Å². The Morgan fingerprint density at radius 1 is 1.33 bits per heavy atom. The van der Waals surface area contributed by atoms with E-state index in [4.69, 9.17) is 19.9 Å². The van der Waals surface area contributed by atoms with Gasteiger partial charge in [0.25, 0.3) is 0 Å². The first kappa shape index (κ1) is 17.7. The van der Waals surface area contributed by atoms with Crippen molar-refractivity contribution < 1.29 is 22.6 Å². The Balaban J connectivity index is 2.35. The molecule has 0 aromatic heterocycles. The van der Waals surface area contributed by atoms with Gasteiger partial charge in [-0.3, -0.25) is 0 Å². The molecule has 0 bridgehead atoms. The average Bonchev–Trinajstić information content (AvgIpc) is 2.43. The lowest BCUT2D eigenvalue weighted by Gasteiger charge is -2.15. The van der Waals surface area contributed by atoms with Crippen LogP contribution >= 0.6 is 0 Å². The lowest BCUT2D eigenvalue weighted by molar-refractivity contribution is 0.0320. The summed E-state index contributed by atoms with van der Waals surface area (Å²) in [4.78, 5) is 0. The Kier molecular flexibility index (Phi) is 7.44. The van der Waals surface area contributed by atoms with Gasteiger partial charge in [-0.2, -0.15) is 0 Å². The van der Waals surface area contributed by atoms with Crippen LogP contribution in [0.3, 0.4) is 0 Å². The van der Waals surface area contributed by atoms with E-state index < -0.39 is 10.0 Å². The van der Waals surface area contributed by atoms with Crippen LogP contribution in [-0.2, 0) is 19.5 Å². The van der Waals surface area contributed by atoms with Crippen LogP contribution in [0.1, 0.15) is 0 Å². The molecule has 0 spiro atoms. The minimum Gasteiger partial charge on any atom is -0.492 e. The highest BCUT2D eigenvalue weighted by molar-refractivity contribution is 7.89. The Morgan fingerprint density at radius 2 is 2.10 bits per heavy atom. The van der Waals surface area contributed by atoms with Crippen LogP contribution in [0.2, 0.25) is 0 Å². The van der Waals surface area contributed by atoms with Gasteiger partial charge in [0.1, 0.15) is 12.4 Å². The van der Waals surface area contributed by atoms with Crippen LogP contribution in [0.5, 0.6) is 5.75 Å². The number of hydrogen-bond acceptors (Lipinski definition) is 6. The summed E-state index contributed by atoms with van der Waals surface area (Å²) in [6.45, 7) is 0.518. The SMILES string of the molecule is COCC(CNS(=O)(=O)CCOc1cccc(N)c1)OC. The molecule has 21 heavy (non-hydrogen) atoms. The van der Waals surface area contributed by atoms with E-state index >= 15 is 0 Å². The highest BCUT2D eigenvalue weighted by Crippen LogP contribution is 2.14. The van der Waals surface area contributed by atoms with Crippen molar-refractivity contribution in [3.8, 4) is 5.75 Å². The topological polar surface area (TPSA) is 99.9 Å². The zero-order chi connectivity index (χ0) is 15.7. The third-order valence-electron chi connectivity index (χ3n) is 2.70. The van der Waals surface area contributed by atoms with Crippen molar-refractivity contribution >= 4 is 15.7 Å². The van der Waals surface area contributed by atoms with E-state index in [0.717, 1.165) is 0 Å². The van der Waals surface area contributed by atoms with E-state index in [1.165, 1.54) is 14.2 Å². The molecular formula is C13H22N2O5S. The first-order chi connectivity index (χ1) is 9.96. The normalized spacial score (nSPS) is 13.0. The van der Waals surface area contributed by atoms with E-state index in [0.29, 0.717) is 18.0 Å². The van der Waals surface area contributed by atoms with Crippen LogP contribution in [0, 0.1) is 0 Å². The third-order valence-corrected chi connectivity index (χ3v) is 4.01. The molecule has 8 heteroatoms. The third kappa shape index (κ3) is 7.28. The molecule has 0 saturated heterocycles. The van der Waals surface area contributed by atoms with Gasteiger partial charge < -0.3 is 19.9 Å². The number of methoxy groups -OCH3 is 2. The van der Waals surface area contributed by atoms with Crippen LogP contribution < -0.4 is 15.2 Å². The Morgan fingerprint density at radius 3 is 2.71 bits per heavy atom. The van der Waals surface area contributed by atoms with Crippen LogP contribution in [-0.4, -0.2) is 54.3 Å². The van der Waals surface area contributed by atoms with Gasteiger partial charge in [-0.15, -0.1) is 0 Å². The number of nitrogen functional groups attached to an aromatic ring is 1. The second-order valence-corrected chi connectivity index (χ2v) is 6.33. The molecule has 0 aliphatic carbocycles. The number of hydrogen-bond donors (Lipinski definition) is 2. The van der Waals surface area contributed by atoms with Gasteiger partial charge in [0.2, 0.25) is 10.0 Å². The maximum absolute atomic E-state index is 11.8. The molecule has 1 rings (SSSR count). The molecule has 0 saturated carbocycles. The molecule has 1 aromatic rings. The summed E-state index contributed by atoms with van der Waals surface area (Å²) in [5.41, 5.74) is 6.17. The van der Waals surface area contributed by atoms with Gasteiger partial charge in [0.15, 0.2) is 0 Å². The predicted octanol–water partition coefficient (Wildman–Crippen LogP) is 0.228. The summed E-state index contributed by atoms with van der Waals surface area (Å²) >= 11 is 0. The average molecular weight is 318 g/mol. The summed E-state index contributed by atoms with van der Waals surface area (Å²) in [6.07, 6.45) is -0.320. The molecule has 0 aliphatic rings. The molecule has 1 atom stereocenters. The van der Waals surface area contributed by atoms with E-state index in [-0.39, 0.29) is 25.0 Å². The first-order valence-corrected chi connectivity index (χ1v) is 8.09. The van der Waals surface area contributed by atoms with E-state index in [9.17, 15) is 8.42 Å². The Hall–Kier alpha value is -1.35. The fourth-order valence-electron chi connectivity index (χ4n) is 1.56. The molecule has 0 heterocycles. The predicted molar refractivity (Wildman–Crippen MR) is 80.8 cm³/mol. The molecule has 1 aromatic carbocycles. The second kappa shape index (κ2) is 8.83. The molecule has 0 amide bonds. The second-order valence-electron chi connectivity index (χ2n) is 4.40. The van der Waals surface area contributed by atoms with Gasteiger partial charge in [-0.05, 0) is 12.1 Å². The first-order valence-electron chi connectivity index (χ1n) is 6.44. The molecule has 3 N–H and O–H groups in total. The molecular weight excluding hydrogens is 296 g/mol. The number of sulfonamides is 1. The van der Waals surface area contributed by atoms with Crippen molar-refractivity contribution in [3.05, 3.63) is 24.3 Å². The maximum Gasteiger partial charge on any atom is 0.215 e. The summed E-state index contributed by atoms with van der Waals surface area (Å²) in [6, 6.07) is 6.83. The van der Waals surface area contributed by atoms with E-state index in [1.54, 1.807) is 24.3 Å².